The zero-order valence-electron chi connectivity index (χ0n) is 8.91. The third-order valence-electron chi connectivity index (χ3n) is 1.99. The van der Waals surface area contributed by atoms with Crippen molar-refractivity contribution in [2.45, 2.75) is 13.8 Å². The van der Waals surface area contributed by atoms with Crippen LogP contribution < -0.4 is 4.74 Å². The zero-order chi connectivity index (χ0) is 11.4. The first-order valence-corrected chi connectivity index (χ1v) is 4.64. The van der Waals surface area contributed by atoms with Crippen LogP contribution in [-0.4, -0.2) is 17.7 Å². The highest BCUT2D eigenvalue weighted by Gasteiger charge is 2.14. The summed E-state index contributed by atoms with van der Waals surface area (Å²) in [5.41, 5.74) is 1.94. The van der Waals surface area contributed by atoms with Crippen LogP contribution in [0.3, 0.4) is 0 Å². The molecule has 0 unspecified atom stereocenters. The second kappa shape index (κ2) is 4.64. The highest BCUT2D eigenvalue weighted by molar-refractivity contribution is 5.91. The van der Waals surface area contributed by atoms with Gasteiger partial charge in [-0.2, -0.15) is 0 Å². The van der Waals surface area contributed by atoms with Crippen molar-refractivity contribution >= 4 is 5.97 Å². The highest BCUT2D eigenvalue weighted by Crippen LogP contribution is 2.25. The van der Waals surface area contributed by atoms with E-state index in [-0.39, 0.29) is 5.56 Å². The van der Waals surface area contributed by atoms with Gasteiger partial charge in [-0.3, -0.25) is 0 Å². The van der Waals surface area contributed by atoms with Crippen LogP contribution in [0.1, 0.15) is 21.5 Å². The van der Waals surface area contributed by atoms with Gasteiger partial charge in [0.05, 0.1) is 0 Å². The Balaban J connectivity index is 3.20. The molecule has 1 aromatic carbocycles. The summed E-state index contributed by atoms with van der Waals surface area (Å²) in [6.07, 6.45) is 1.59. The largest absolute Gasteiger partial charge is 0.488 e. The molecule has 0 spiro atoms. The summed E-state index contributed by atoms with van der Waals surface area (Å²) in [6, 6.07) is 3.50. The minimum Gasteiger partial charge on any atom is -0.488 e. The maximum Gasteiger partial charge on any atom is 0.339 e. The van der Waals surface area contributed by atoms with Gasteiger partial charge in [0.15, 0.2) is 0 Å². The van der Waals surface area contributed by atoms with Gasteiger partial charge in [0, 0.05) is 0 Å². The zero-order valence-corrected chi connectivity index (χ0v) is 8.91. The van der Waals surface area contributed by atoms with Crippen LogP contribution in [0.25, 0.3) is 0 Å². The number of rotatable bonds is 4. The molecule has 1 rings (SSSR count). The van der Waals surface area contributed by atoms with Crippen LogP contribution in [0.15, 0.2) is 24.8 Å². The molecule has 0 bridgehead atoms. The average Bonchev–Trinajstić information content (AvgIpc) is 2.15. The van der Waals surface area contributed by atoms with E-state index in [0.717, 1.165) is 11.1 Å². The molecule has 3 heteroatoms. The van der Waals surface area contributed by atoms with E-state index in [1.54, 1.807) is 12.1 Å². The summed E-state index contributed by atoms with van der Waals surface area (Å²) in [7, 11) is 0. The van der Waals surface area contributed by atoms with Gasteiger partial charge in [0.25, 0.3) is 0 Å². The molecule has 3 nitrogen and oxygen atoms in total. The van der Waals surface area contributed by atoms with Crippen molar-refractivity contribution < 1.29 is 14.6 Å². The molecule has 0 aliphatic carbocycles. The molecule has 0 heterocycles. The number of carboxylic acid groups (broad SMARTS) is 1. The number of carbonyl (C=O) groups is 1. The van der Waals surface area contributed by atoms with Crippen molar-refractivity contribution in [3.8, 4) is 5.75 Å². The van der Waals surface area contributed by atoms with Gasteiger partial charge in [-0.1, -0.05) is 18.7 Å². The van der Waals surface area contributed by atoms with Crippen molar-refractivity contribution in [1.82, 2.24) is 0 Å². The number of aryl methyl sites for hydroxylation is 2. The van der Waals surface area contributed by atoms with E-state index in [1.165, 1.54) is 0 Å². The minimum absolute atomic E-state index is 0.203. The predicted octanol–water partition coefficient (Wildman–Crippen LogP) is 2.57. The lowest BCUT2D eigenvalue weighted by Gasteiger charge is -2.11. The first kappa shape index (κ1) is 11.3. The quantitative estimate of drug-likeness (QED) is 0.770. The maximum atomic E-state index is 11.0. The van der Waals surface area contributed by atoms with E-state index < -0.39 is 5.97 Å². The standard InChI is InChI=1S/C12H14O3/c1-4-5-15-11-9(3)6-8(2)7-10(11)12(13)14/h4,6-7H,1,5H2,2-3H3,(H,13,14). The molecule has 0 aliphatic rings. The van der Waals surface area contributed by atoms with Gasteiger partial charge in [0.2, 0.25) is 0 Å². The van der Waals surface area contributed by atoms with E-state index in [2.05, 4.69) is 6.58 Å². The molecule has 0 saturated carbocycles. The van der Waals surface area contributed by atoms with Crippen LogP contribution in [0.5, 0.6) is 5.75 Å². The summed E-state index contributed by atoms with van der Waals surface area (Å²) >= 11 is 0. The van der Waals surface area contributed by atoms with E-state index in [9.17, 15) is 4.79 Å². The summed E-state index contributed by atoms with van der Waals surface area (Å²) in [5.74, 6) is -0.547. The van der Waals surface area contributed by atoms with Crippen molar-refractivity contribution in [3.63, 3.8) is 0 Å². The molecule has 0 amide bonds. The first-order chi connectivity index (χ1) is 7.06. The lowest BCUT2D eigenvalue weighted by molar-refractivity contribution is 0.0692. The van der Waals surface area contributed by atoms with Crippen LogP contribution in [0, 0.1) is 13.8 Å². The van der Waals surface area contributed by atoms with Crippen molar-refractivity contribution in [2.75, 3.05) is 6.61 Å². The normalized spacial score (nSPS) is 9.73. The number of ether oxygens (including phenoxy) is 1. The first-order valence-electron chi connectivity index (χ1n) is 4.64. The Kier molecular flexibility index (Phi) is 3.50. The van der Waals surface area contributed by atoms with Gasteiger partial charge in [-0.05, 0) is 31.0 Å². The van der Waals surface area contributed by atoms with Gasteiger partial charge < -0.3 is 9.84 Å². The Morgan fingerprint density at radius 1 is 1.53 bits per heavy atom. The molecule has 15 heavy (non-hydrogen) atoms. The van der Waals surface area contributed by atoms with Crippen molar-refractivity contribution in [3.05, 3.63) is 41.5 Å². The lowest BCUT2D eigenvalue weighted by Crippen LogP contribution is -2.05. The SMILES string of the molecule is C=CCOc1c(C)cc(C)cc1C(=O)O. The molecule has 0 aliphatic heterocycles. The fourth-order valence-corrected chi connectivity index (χ4v) is 1.45. The Hall–Kier alpha value is -1.77. The Morgan fingerprint density at radius 3 is 2.73 bits per heavy atom. The minimum atomic E-state index is -0.971. The van der Waals surface area contributed by atoms with Crippen LogP contribution >= 0.6 is 0 Å². The predicted molar refractivity (Wildman–Crippen MR) is 58.6 cm³/mol. The Morgan fingerprint density at radius 2 is 2.20 bits per heavy atom. The fourth-order valence-electron chi connectivity index (χ4n) is 1.45. The second-order valence-corrected chi connectivity index (χ2v) is 3.36. The second-order valence-electron chi connectivity index (χ2n) is 3.36. The van der Waals surface area contributed by atoms with E-state index in [0.29, 0.717) is 12.4 Å². The maximum absolute atomic E-state index is 11.0. The Labute approximate surface area is 89.0 Å². The van der Waals surface area contributed by atoms with E-state index >= 15 is 0 Å². The van der Waals surface area contributed by atoms with Gasteiger partial charge >= 0.3 is 5.97 Å². The van der Waals surface area contributed by atoms with Gasteiger partial charge in [0.1, 0.15) is 17.9 Å². The molecule has 0 radical (unpaired) electrons. The number of hydrogen-bond acceptors (Lipinski definition) is 2. The summed E-state index contributed by atoms with van der Waals surface area (Å²) in [6.45, 7) is 7.52. The molecule has 0 saturated heterocycles. The molecule has 0 aromatic heterocycles. The number of aromatic carboxylic acids is 1. The van der Waals surface area contributed by atoms with Crippen molar-refractivity contribution in [1.29, 1.82) is 0 Å². The average molecular weight is 206 g/mol. The van der Waals surface area contributed by atoms with Gasteiger partial charge in [-0.15, -0.1) is 0 Å². The smallest absolute Gasteiger partial charge is 0.339 e. The summed E-state index contributed by atoms with van der Waals surface area (Å²) in [4.78, 5) is 11.0. The number of hydrogen-bond donors (Lipinski definition) is 1. The van der Waals surface area contributed by atoms with Crippen LogP contribution in [-0.2, 0) is 0 Å². The lowest BCUT2D eigenvalue weighted by atomic mass is 10.1. The third-order valence-corrected chi connectivity index (χ3v) is 1.99. The molecule has 1 N–H and O–H groups in total. The highest BCUT2D eigenvalue weighted by atomic mass is 16.5. The molecule has 0 atom stereocenters. The molecule has 80 valence electrons. The summed E-state index contributed by atoms with van der Waals surface area (Å²) in [5, 5.41) is 9.01. The topological polar surface area (TPSA) is 46.5 Å². The Bertz CT molecular complexity index is 394. The molecular formula is C12H14O3. The summed E-state index contributed by atoms with van der Waals surface area (Å²) < 4.78 is 5.33. The number of carboxylic acids is 1. The third kappa shape index (κ3) is 2.59. The molecular weight excluding hydrogens is 192 g/mol. The van der Waals surface area contributed by atoms with Crippen LogP contribution in [0.4, 0.5) is 0 Å². The van der Waals surface area contributed by atoms with Crippen molar-refractivity contribution in [2.24, 2.45) is 0 Å². The van der Waals surface area contributed by atoms with Gasteiger partial charge in [-0.25, -0.2) is 4.79 Å². The van der Waals surface area contributed by atoms with Crippen LogP contribution in [0.2, 0.25) is 0 Å². The van der Waals surface area contributed by atoms with E-state index in [4.69, 9.17) is 9.84 Å². The monoisotopic (exact) mass is 206 g/mol. The molecule has 1 aromatic rings. The number of benzene rings is 1. The fraction of sp³-hybridized carbons (Fsp3) is 0.250. The van der Waals surface area contributed by atoms with E-state index in [1.807, 2.05) is 19.9 Å². The molecule has 0 fully saturated rings.